The quantitative estimate of drug-likeness (QED) is 0.538. The summed E-state index contributed by atoms with van der Waals surface area (Å²) < 4.78 is 12.4. The molecule has 8 heteroatoms. The molecule has 0 aliphatic heterocycles. The van der Waals surface area contributed by atoms with Crippen LogP contribution in [0.4, 0.5) is 0 Å². The van der Waals surface area contributed by atoms with E-state index in [0.29, 0.717) is 17.5 Å². The lowest BCUT2D eigenvalue weighted by Crippen LogP contribution is -2.18. The number of hydrogen-bond acceptors (Lipinski definition) is 7. The van der Waals surface area contributed by atoms with E-state index in [2.05, 4.69) is 16.8 Å². The monoisotopic (exact) mass is 443 g/mol. The van der Waals surface area contributed by atoms with Crippen molar-refractivity contribution in [3.63, 3.8) is 0 Å². The topological polar surface area (TPSA) is 68.3 Å². The molecule has 1 fully saturated rings. The second-order valence-corrected chi connectivity index (χ2v) is 8.92. The van der Waals surface area contributed by atoms with Crippen molar-refractivity contribution >= 4 is 28.9 Å². The molecule has 0 spiro atoms. The Morgan fingerprint density at radius 1 is 1.10 bits per heavy atom. The van der Waals surface area contributed by atoms with Gasteiger partial charge in [-0.2, -0.15) is 5.10 Å². The van der Waals surface area contributed by atoms with E-state index in [4.69, 9.17) is 19.6 Å². The van der Waals surface area contributed by atoms with Crippen LogP contribution in [0.2, 0.25) is 0 Å². The molecular weight excluding hydrogens is 418 g/mol. The number of thiophene rings is 1. The highest BCUT2D eigenvalue weighted by Gasteiger charge is 2.15. The van der Waals surface area contributed by atoms with Gasteiger partial charge >= 0.3 is 0 Å². The molecule has 4 rings (SSSR count). The van der Waals surface area contributed by atoms with E-state index in [9.17, 15) is 5.11 Å². The highest BCUT2D eigenvalue weighted by molar-refractivity contribution is 7.14. The molecule has 1 aliphatic rings. The Kier molecular flexibility index (Phi) is 6.54. The van der Waals surface area contributed by atoms with Gasteiger partial charge in [-0.1, -0.05) is 25.3 Å². The lowest BCUT2D eigenvalue weighted by atomic mass is 9.96. The summed E-state index contributed by atoms with van der Waals surface area (Å²) in [5, 5.41) is 19.1. The van der Waals surface area contributed by atoms with Crippen molar-refractivity contribution in [1.82, 2.24) is 4.68 Å². The maximum absolute atomic E-state index is 10.1. The zero-order valence-corrected chi connectivity index (χ0v) is 18.7. The maximum Gasteiger partial charge on any atom is 0.206 e. The van der Waals surface area contributed by atoms with Crippen molar-refractivity contribution in [3.8, 4) is 27.8 Å². The largest absolute Gasteiger partial charge is 0.502 e. The molecule has 3 aromatic rings. The predicted molar refractivity (Wildman–Crippen MR) is 122 cm³/mol. The molecule has 1 saturated carbocycles. The Morgan fingerprint density at radius 2 is 1.83 bits per heavy atom. The average Bonchev–Trinajstić information content (AvgIpc) is 3.43. The number of hydrogen-bond donors (Lipinski definition) is 1. The first kappa shape index (κ1) is 20.7. The third-order valence-electron chi connectivity index (χ3n) is 5.15. The van der Waals surface area contributed by atoms with E-state index in [1.807, 2.05) is 10.7 Å². The van der Waals surface area contributed by atoms with Crippen LogP contribution in [-0.2, 0) is 0 Å². The number of phenolic OH excluding ortho intramolecular Hbond substituents is 1. The van der Waals surface area contributed by atoms with Crippen LogP contribution in [0.15, 0.2) is 45.1 Å². The first-order chi connectivity index (χ1) is 14.7. The van der Waals surface area contributed by atoms with Gasteiger partial charge in [-0.05, 0) is 36.4 Å². The van der Waals surface area contributed by atoms with Gasteiger partial charge in [0.25, 0.3) is 0 Å². The highest BCUT2D eigenvalue weighted by atomic mass is 32.1. The SMILES string of the molecule is COc1cc(C=Nn2c(-c3cccs3)csc2=NC2CCCCC2)cc(OC)c1O. The minimum Gasteiger partial charge on any atom is -0.502 e. The third kappa shape index (κ3) is 4.44. The Balaban J connectivity index is 1.75. The van der Waals surface area contributed by atoms with Gasteiger partial charge in [-0.3, -0.25) is 4.99 Å². The Hall–Kier alpha value is -2.58. The molecule has 1 aromatic carbocycles. The molecule has 0 saturated heterocycles. The second kappa shape index (κ2) is 9.49. The van der Waals surface area contributed by atoms with E-state index in [1.54, 1.807) is 41.0 Å². The number of rotatable bonds is 6. The lowest BCUT2D eigenvalue weighted by molar-refractivity contribution is 0.340. The minimum absolute atomic E-state index is 0.0207. The van der Waals surface area contributed by atoms with Crippen LogP contribution in [0, 0.1) is 0 Å². The summed E-state index contributed by atoms with van der Waals surface area (Å²) in [6, 6.07) is 7.97. The van der Waals surface area contributed by atoms with E-state index in [1.165, 1.54) is 33.5 Å². The van der Waals surface area contributed by atoms with Crippen molar-refractivity contribution < 1.29 is 14.6 Å². The number of benzene rings is 1. The third-order valence-corrected chi connectivity index (χ3v) is 6.87. The number of thiazole rings is 1. The van der Waals surface area contributed by atoms with Crippen LogP contribution in [-0.4, -0.2) is 36.3 Å². The van der Waals surface area contributed by atoms with Crippen molar-refractivity contribution in [1.29, 1.82) is 0 Å². The normalized spacial score (nSPS) is 15.7. The molecule has 0 amide bonds. The van der Waals surface area contributed by atoms with Crippen LogP contribution in [0.1, 0.15) is 37.7 Å². The van der Waals surface area contributed by atoms with E-state index < -0.39 is 0 Å². The van der Waals surface area contributed by atoms with E-state index >= 15 is 0 Å². The van der Waals surface area contributed by atoms with Crippen molar-refractivity contribution in [2.24, 2.45) is 10.1 Å². The van der Waals surface area contributed by atoms with Crippen LogP contribution >= 0.6 is 22.7 Å². The summed E-state index contributed by atoms with van der Waals surface area (Å²) in [4.78, 5) is 7.08. The first-order valence-electron chi connectivity index (χ1n) is 9.97. The Morgan fingerprint density at radius 3 is 2.47 bits per heavy atom. The molecule has 6 nitrogen and oxygen atoms in total. The Bertz CT molecular complexity index is 1050. The molecule has 1 aliphatic carbocycles. The van der Waals surface area contributed by atoms with Gasteiger partial charge in [-0.15, -0.1) is 22.7 Å². The van der Waals surface area contributed by atoms with Crippen LogP contribution in [0.5, 0.6) is 17.2 Å². The number of aromatic hydroxyl groups is 1. The summed E-state index contributed by atoms with van der Waals surface area (Å²) in [6.45, 7) is 0. The second-order valence-electron chi connectivity index (χ2n) is 7.13. The fourth-order valence-corrected chi connectivity index (χ4v) is 5.27. The molecule has 0 radical (unpaired) electrons. The molecule has 30 heavy (non-hydrogen) atoms. The Labute approximate surface area is 183 Å². The summed E-state index contributed by atoms with van der Waals surface area (Å²) in [5.74, 6) is 0.668. The van der Waals surface area contributed by atoms with Gasteiger partial charge in [0.05, 0.1) is 37.0 Å². The molecule has 0 bridgehead atoms. The van der Waals surface area contributed by atoms with Crippen molar-refractivity contribution in [3.05, 3.63) is 45.4 Å². The summed E-state index contributed by atoms with van der Waals surface area (Å²) in [7, 11) is 3.03. The average molecular weight is 444 g/mol. The van der Waals surface area contributed by atoms with Gasteiger partial charge in [0.1, 0.15) is 0 Å². The molecular formula is C22H25N3O3S2. The number of nitrogens with zero attached hydrogens (tertiary/aromatic N) is 3. The fraction of sp³-hybridized carbons (Fsp3) is 0.364. The van der Waals surface area contributed by atoms with Gasteiger partial charge in [0.15, 0.2) is 11.5 Å². The fourth-order valence-electron chi connectivity index (χ4n) is 3.57. The standard InChI is InChI=1S/C22H25N3O3S2/c1-27-18-11-15(12-19(28-2)21(18)26)13-23-25-17(20-9-6-10-29-20)14-30-22(25)24-16-7-4-3-5-8-16/h6,9-14,16,26H,3-5,7-8H2,1-2H3. The summed E-state index contributed by atoms with van der Waals surface area (Å²) >= 11 is 3.30. The molecule has 2 aromatic heterocycles. The van der Waals surface area contributed by atoms with Crippen molar-refractivity contribution in [2.45, 2.75) is 38.1 Å². The number of methoxy groups -OCH3 is 2. The highest BCUT2D eigenvalue weighted by Crippen LogP contribution is 2.36. The van der Waals surface area contributed by atoms with Gasteiger partial charge < -0.3 is 14.6 Å². The molecule has 0 unspecified atom stereocenters. The number of aromatic nitrogens is 1. The molecule has 0 atom stereocenters. The predicted octanol–water partition coefficient (Wildman–Crippen LogP) is 5.12. The smallest absolute Gasteiger partial charge is 0.206 e. The molecule has 158 valence electrons. The van der Waals surface area contributed by atoms with E-state index in [0.717, 1.165) is 33.8 Å². The zero-order valence-electron chi connectivity index (χ0n) is 17.1. The van der Waals surface area contributed by atoms with Crippen LogP contribution in [0.3, 0.4) is 0 Å². The molecule has 2 heterocycles. The summed E-state index contributed by atoms with van der Waals surface area (Å²) in [5.41, 5.74) is 1.79. The number of ether oxygens (including phenoxy) is 2. The van der Waals surface area contributed by atoms with Crippen LogP contribution < -0.4 is 14.3 Å². The summed E-state index contributed by atoms with van der Waals surface area (Å²) in [6.07, 6.45) is 7.82. The van der Waals surface area contributed by atoms with Gasteiger partial charge in [-0.25, -0.2) is 4.68 Å². The first-order valence-corrected chi connectivity index (χ1v) is 11.7. The molecule has 1 N–H and O–H groups in total. The van der Waals surface area contributed by atoms with Gasteiger partial charge in [0, 0.05) is 10.9 Å². The van der Waals surface area contributed by atoms with Gasteiger partial charge in [0.2, 0.25) is 10.6 Å². The van der Waals surface area contributed by atoms with Crippen LogP contribution in [0.25, 0.3) is 10.6 Å². The maximum atomic E-state index is 10.1. The van der Waals surface area contributed by atoms with Crippen molar-refractivity contribution in [2.75, 3.05) is 14.2 Å². The lowest BCUT2D eigenvalue weighted by Gasteiger charge is -2.16. The number of phenols is 1. The minimum atomic E-state index is -0.0207. The zero-order chi connectivity index (χ0) is 20.9. The van der Waals surface area contributed by atoms with E-state index in [-0.39, 0.29) is 5.75 Å².